The fraction of sp³-hybridized carbons (Fsp3) is 0.857. The van der Waals surface area contributed by atoms with Crippen LogP contribution in [0.15, 0.2) is 12.7 Å². The van der Waals surface area contributed by atoms with Crippen LogP contribution in [0.2, 0.25) is 0 Å². The summed E-state index contributed by atoms with van der Waals surface area (Å²) in [6.07, 6.45) is 6.84. The highest BCUT2D eigenvalue weighted by Gasteiger charge is 2.21. The van der Waals surface area contributed by atoms with Gasteiger partial charge < -0.3 is 10.2 Å². The van der Waals surface area contributed by atoms with Crippen LogP contribution in [0.4, 0.5) is 0 Å². The molecule has 0 saturated carbocycles. The minimum atomic E-state index is 0.222. The second kappa shape index (κ2) is 7.86. The molecule has 96 valence electrons. The van der Waals surface area contributed by atoms with E-state index in [1.807, 2.05) is 6.08 Å². The Labute approximate surface area is 102 Å². The highest BCUT2D eigenvalue weighted by molar-refractivity contribution is 4.83. The Morgan fingerprint density at radius 3 is 2.38 bits per heavy atom. The third-order valence-corrected chi connectivity index (χ3v) is 3.39. The molecular weight excluding hydrogens is 196 g/mol. The number of rotatable bonds is 9. The second-order valence-electron chi connectivity index (χ2n) is 5.44. The van der Waals surface area contributed by atoms with E-state index < -0.39 is 0 Å². The summed E-state index contributed by atoms with van der Waals surface area (Å²) in [6.45, 7) is 11.6. The maximum absolute atomic E-state index is 3.79. The van der Waals surface area contributed by atoms with Crippen molar-refractivity contribution in [1.29, 1.82) is 0 Å². The van der Waals surface area contributed by atoms with Gasteiger partial charge in [-0.25, -0.2) is 0 Å². The third-order valence-electron chi connectivity index (χ3n) is 3.39. The van der Waals surface area contributed by atoms with Gasteiger partial charge in [-0.2, -0.15) is 0 Å². The zero-order valence-corrected chi connectivity index (χ0v) is 11.8. The lowest BCUT2D eigenvalue weighted by molar-refractivity contribution is 0.182. The summed E-state index contributed by atoms with van der Waals surface area (Å²) in [6, 6.07) is 0.641. The molecule has 0 radical (unpaired) electrons. The fourth-order valence-corrected chi connectivity index (χ4v) is 1.57. The lowest BCUT2D eigenvalue weighted by Crippen LogP contribution is -2.49. The highest BCUT2D eigenvalue weighted by atomic mass is 15.2. The molecule has 0 amide bonds. The van der Waals surface area contributed by atoms with E-state index in [4.69, 9.17) is 0 Å². The van der Waals surface area contributed by atoms with Gasteiger partial charge in [-0.15, -0.1) is 6.58 Å². The molecule has 0 bridgehead atoms. The number of nitrogens with zero attached hydrogens (tertiary/aromatic N) is 1. The summed E-state index contributed by atoms with van der Waals surface area (Å²) < 4.78 is 0. The first-order chi connectivity index (χ1) is 7.44. The topological polar surface area (TPSA) is 15.3 Å². The molecular formula is C14H30N2. The van der Waals surface area contributed by atoms with E-state index in [9.17, 15) is 0 Å². The van der Waals surface area contributed by atoms with Crippen LogP contribution in [0.25, 0.3) is 0 Å². The number of hydrogen-bond acceptors (Lipinski definition) is 2. The van der Waals surface area contributed by atoms with Crippen LogP contribution >= 0.6 is 0 Å². The quantitative estimate of drug-likeness (QED) is 0.608. The normalized spacial score (nSPS) is 14.1. The standard InChI is InChI=1S/C14H30N2/c1-7-9-11-13(10-8-2)15-12-14(3,4)16(5)6/h7,13,15H,1,8-12H2,2-6H3. The van der Waals surface area contributed by atoms with Gasteiger partial charge in [-0.05, 0) is 47.2 Å². The Morgan fingerprint density at radius 2 is 1.94 bits per heavy atom. The first-order valence-electron chi connectivity index (χ1n) is 6.45. The summed E-state index contributed by atoms with van der Waals surface area (Å²) >= 11 is 0. The molecule has 1 unspecified atom stereocenters. The van der Waals surface area contributed by atoms with Gasteiger partial charge in [0, 0.05) is 18.1 Å². The first kappa shape index (κ1) is 15.7. The smallest absolute Gasteiger partial charge is 0.0271 e. The molecule has 0 aliphatic rings. The molecule has 0 heterocycles. The lowest BCUT2D eigenvalue weighted by Gasteiger charge is -2.34. The summed E-state index contributed by atoms with van der Waals surface area (Å²) in [5.74, 6) is 0. The van der Waals surface area contributed by atoms with Crippen LogP contribution in [0.3, 0.4) is 0 Å². The van der Waals surface area contributed by atoms with Crippen molar-refractivity contribution < 1.29 is 0 Å². The molecule has 0 spiro atoms. The van der Waals surface area contributed by atoms with Crippen molar-refractivity contribution in [2.24, 2.45) is 0 Å². The van der Waals surface area contributed by atoms with E-state index >= 15 is 0 Å². The van der Waals surface area contributed by atoms with Crippen LogP contribution in [-0.4, -0.2) is 37.1 Å². The molecule has 0 saturated heterocycles. The number of allylic oxidation sites excluding steroid dienone is 1. The minimum Gasteiger partial charge on any atom is -0.312 e. The predicted molar refractivity (Wildman–Crippen MR) is 73.9 cm³/mol. The molecule has 0 aromatic rings. The van der Waals surface area contributed by atoms with Gasteiger partial charge in [0.25, 0.3) is 0 Å². The summed E-state index contributed by atoms with van der Waals surface area (Å²) in [7, 11) is 4.28. The van der Waals surface area contributed by atoms with Crippen molar-refractivity contribution in [3.8, 4) is 0 Å². The maximum Gasteiger partial charge on any atom is 0.0271 e. The van der Waals surface area contributed by atoms with E-state index in [-0.39, 0.29) is 5.54 Å². The van der Waals surface area contributed by atoms with Gasteiger partial charge in [0.1, 0.15) is 0 Å². The van der Waals surface area contributed by atoms with Gasteiger partial charge >= 0.3 is 0 Å². The largest absolute Gasteiger partial charge is 0.312 e. The van der Waals surface area contributed by atoms with E-state index in [1.165, 1.54) is 19.3 Å². The first-order valence-corrected chi connectivity index (χ1v) is 6.45. The summed E-state index contributed by atoms with van der Waals surface area (Å²) in [5.41, 5.74) is 0.222. The van der Waals surface area contributed by atoms with Gasteiger partial charge in [0.05, 0.1) is 0 Å². The molecule has 0 aromatic heterocycles. The van der Waals surface area contributed by atoms with Gasteiger partial charge in [0.15, 0.2) is 0 Å². The third kappa shape index (κ3) is 6.29. The van der Waals surface area contributed by atoms with Crippen LogP contribution in [0, 0.1) is 0 Å². The van der Waals surface area contributed by atoms with E-state index in [2.05, 4.69) is 51.7 Å². The molecule has 0 fully saturated rings. The van der Waals surface area contributed by atoms with Crippen LogP contribution in [0.5, 0.6) is 0 Å². The van der Waals surface area contributed by atoms with Crippen molar-refractivity contribution in [2.75, 3.05) is 20.6 Å². The maximum atomic E-state index is 3.79. The van der Waals surface area contributed by atoms with Crippen molar-refractivity contribution >= 4 is 0 Å². The van der Waals surface area contributed by atoms with Crippen LogP contribution in [-0.2, 0) is 0 Å². The van der Waals surface area contributed by atoms with E-state index in [0.29, 0.717) is 6.04 Å². The summed E-state index contributed by atoms with van der Waals surface area (Å²) in [4.78, 5) is 2.27. The average molecular weight is 226 g/mol. The molecule has 16 heavy (non-hydrogen) atoms. The molecule has 0 aliphatic heterocycles. The minimum absolute atomic E-state index is 0.222. The van der Waals surface area contributed by atoms with Crippen molar-refractivity contribution in [2.45, 2.75) is 58.0 Å². The monoisotopic (exact) mass is 226 g/mol. The molecule has 0 rings (SSSR count). The van der Waals surface area contributed by atoms with Crippen molar-refractivity contribution in [3.63, 3.8) is 0 Å². The highest BCUT2D eigenvalue weighted by Crippen LogP contribution is 2.11. The van der Waals surface area contributed by atoms with Crippen molar-refractivity contribution in [1.82, 2.24) is 10.2 Å². The molecule has 0 aliphatic carbocycles. The molecule has 2 nitrogen and oxygen atoms in total. The van der Waals surface area contributed by atoms with Gasteiger partial charge in [-0.1, -0.05) is 19.4 Å². The Balaban J connectivity index is 4.04. The zero-order valence-electron chi connectivity index (χ0n) is 11.8. The summed E-state index contributed by atoms with van der Waals surface area (Å²) in [5, 5.41) is 3.69. The predicted octanol–water partition coefficient (Wildman–Crippen LogP) is 3.05. The fourth-order valence-electron chi connectivity index (χ4n) is 1.57. The van der Waals surface area contributed by atoms with Gasteiger partial charge in [0.2, 0.25) is 0 Å². The van der Waals surface area contributed by atoms with Crippen molar-refractivity contribution in [3.05, 3.63) is 12.7 Å². The SMILES string of the molecule is C=CCCC(CCC)NCC(C)(C)N(C)C. The van der Waals surface area contributed by atoms with E-state index in [1.54, 1.807) is 0 Å². The number of nitrogens with one attached hydrogen (secondary N) is 1. The van der Waals surface area contributed by atoms with Crippen LogP contribution < -0.4 is 5.32 Å². The Bertz CT molecular complexity index is 185. The molecule has 1 N–H and O–H groups in total. The Morgan fingerprint density at radius 1 is 1.31 bits per heavy atom. The Kier molecular flexibility index (Phi) is 7.69. The molecule has 2 heteroatoms. The molecule has 0 aromatic carbocycles. The van der Waals surface area contributed by atoms with E-state index in [0.717, 1.165) is 13.0 Å². The average Bonchev–Trinajstić information content (AvgIpc) is 2.22. The number of hydrogen-bond donors (Lipinski definition) is 1. The zero-order chi connectivity index (χ0) is 12.6. The Hall–Kier alpha value is -0.340. The lowest BCUT2D eigenvalue weighted by atomic mass is 10.0. The number of likely N-dealkylation sites (N-methyl/N-ethyl adjacent to an activating group) is 1. The molecule has 1 atom stereocenters. The van der Waals surface area contributed by atoms with Crippen LogP contribution in [0.1, 0.15) is 46.5 Å². The van der Waals surface area contributed by atoms with Gasteiger partial charge in [-0.3, -0.25) is 0 Å². The second-order valence-corrected chi connectivity index (χ2v) is 5.44.